The molecule has 1 rings (SSSR count). The van der Waals surface area contributed by atoms with Crippen molar-refractivity contribution in [2.24, 2.45) is 0 Å². The molecule has 0 saturated heterocycles. The molecular weight excluding hydrogens is 312 g/mol. The predicted molar refractivity (Wildman–Crippen MR) is 80.9 cm³/mol. The Bertz CT molecular complexity index is 387. The van der Waals surface area contributed by atoms with Crippen molar-refractivity contribution in [1.29, 1.82) is 0 Å². The molecule has 2 atom stereocenters. The third-order valence-corrected chi connectivity index (χ3v) is 5.11. The third kappa shape index (κ3) is 4.23. The summed E-state index contributed by atoms with van der Waals surface area (Å²) in [4.78, 5) is 4.15. The van der Waals surface area contributed by atoms with Gasteiger partial charge in [0.05, 0.1) is 0 Å². The van der Waals surface area contributed by atoms with Crippen LogP contribution in [0.2, 0.25) is 0 Å². The zero-order valence-electron chi connectivity index (χ0n) is 11.4. The van der Waals surface area contributed by atoms with Crippen molar-refractivity contribution in [3.63, 3.8) is 0 Å². The lowest BCUT2D eigenvalue weighted by atomic mass is 9.88. The van der Waals surface area contributed by atoms with Gasteiger partial charge in [0.1, 0.15) is 9.35 Å². The highest BCUT2D eigenvalue weighted by atomic mass is 79.9. The number of aromatic nitrogens is 1. The molecule has 0 aliphatic carbocycles. The van der Waals surface area contributed by atoms with Crippen LogP contribution in [0.25, 0.3) is 0 Å². The largest absolute Gasteiger partial charge is 0.598 e. The molecular formula is C13H21BrN2OS. The van der Waals surface area contributed by atoms with E-state index in [0.29, 0.717) is 5.92 Å². The first kappa shape index (κ1) is 16.0. The number of hydrogen-bond donors (Lipinski definition) is 1. The highest BCUT2D eigenvalue weighted by Crippen LogP contribution is 2.33. The van der Waals surface area contributed by atoms with Gasteiger partial charge in [0.15, 0.2) is 0 Å². The molecule has 0 spiro atoms. The maximum Gasteiger partial charge on any atom is 0.140 e. The van der Waals surface area contributed by atoms with Crippen LogP contribution in [-0.2, 0) is 11.4 Å². The second-order valence-corrected chi connectivity index (χ2v) is 7.82. The van der Waals surface area contributed by atoms with Crippen molar-refractivity contribution in [2.75, 3.05) is 7.05 Å². The molecule has 1 aromatic heterocycles. The third-order valence-electron chi connectivity index (χ3n) is 3.14. The number of halogens is 1. The molecule has 0 saturated carbocycles. The maximum atomic E-state index is 12.0. The molecule has 18 heavy (non-hydrogen) atoms. The fourth-order valence-electron chi connectivity index (χ4n) is 2.11. The zero-order chi connectivity index (χ0) is 13.8. The summed E-state index contributed by atoms with van der Waals surface area (Å²) in [6, 6.07) is 4.09. The Balaban J connectivity index is 2.85. The van der Waals surface area contributed by atoms with Gasteiger partial charge >= 0.3 is 0 Å². The quantitative estimate of drug-likeness (QED) is 0.641. The molecule has 1 unspecified atom stereocenters. The molecule has 102 valence electrons. The fraction of sp³-hybridized carbons (Fsp3) is 0.615. The van der Waals surface area contributed by atoms with E-state index in [4.69, 9.17) is 0 Å². The average molecular weight is 333 g/mol. The summed E-state index contributed by atoms with van der Waals surface area (Å²) < 4.78 is 15.4. The summed E-state index contributed by atoms with van der Waals surface area (Å²) in [5, 5.41) is 0. The van der Waals surface area contributed by atoms with Crippen molar-refractivity contribution in [2.45, 2.75) is 44.3 Å². The maximum absolute atomic E-state index is 12.0. The molecule has 5 heteroatoms. The van der Waals surface area contributed by atoms with Crippen LogP contribution in [0.1, 0.15) is 45.1 Å². The van der Waals surface area contributed by atoms with Gasteiger partial charge in [-0.3, -0.25) is 0 Å². The van der Waals surface area contributed by atoms with E-state index in [2.05, 4.69) is 32.6 Å². The molecule has 0 aromatic carbocycles. The molecule has 0 bridgehead atoms. The van der Waals surface area contributed by atoms with E-state index in [0.717, 1.165) is 17.4 Å². The molecule has 1 aromatic rings. The van der Waals surface area contributed by atoms with Gasteiger partial charge in [-0.2, -0.15) is 0 Å². The van der Waals surface area contributed by atoms with E-state index in [1.807, 2.05) is 32.2 Å². The van der Waals surface area contributed by atoms with E-state index >= 15 is 0 Å². The van der Waals surface area contributed by atoms with E-state index in [-0.39, 0.29) is 4.75 Å². The van der Waals surface area contributed by atoms with Gasteiger partial charge in [-0.15, -0.1) is 4.72 Å². The van der Waals surface area contributed by atoms with Crippen molar-refractivity contribution in [3.8, 4) is 0 Å². The average Bonchev–Trinajstić information content (AvgIpc) is 2.34. The van der Waals surface area contributed by atoms with Crippen molar-refractivity contribution in [3.05, 3.63) is 28.5 Å². The lowest BCUT2D eigenvalue weighted by molar-refractivity contribution is 0.473. The van der Waals surface area contributed by atoms with Gasteiger partial charge in [0.2, 0.25) is 0 Å². The van der Waals surface area contributed by atoms with Crippen LogP contribution in [0.5, 0.6) is 0 Å². The smallest absolute Gasteiger partial charge is 0.140 e. The first-order chi connectivity index (χ1) is 8.40. The monoisotopic (exact) mass is 332 g/mol. The Morgan fingerprint density at radius 1 is 1.56 bits per heavy atom. The lowest BCUT2D eigenvalue weighted by Crippen LogP contribution is -2.41. The standard InChI is InChI=1S/C13H21BrN2OS/c1-5-10(9-13(2,3)18(17)15-4)11-6-7-16-12(14)8-11/h6-8,10,15H,5,9H2,1-4H3/t10-,18?/m1/s1. The van der Waals surface area contributed by atoms with Gasteiger partial charge in [0.25, 0.3) is 0 Å². The summed E-state index contributed by atoms with van der Waals surface area (Å²) >= 11 is 2.38. The Kier molecular flexibility index (Phi) is 6.11. The molecule has 0 amide bonds. The second kappa shape index (κ2) is 6.89. The number of hydrogen-bond acceptors (Lipinski definition) is 3. The van der Waals surface area contributed by atoms with E-state index in [1.165, 1.54) is 5.56 Å². The van der Waals surface area contributed by atoms with Crippen LogP contribution in [-0.4, -0.2) is 21.3 Å². The zero-order valence-corrected chi connectivity index (χ0v) is 13.8. The minimum Gasteiger partial charge on any atom is -0.598 e. The molecule has 1 heterocycles. The summed E-state index contributed by atoms with van der Waals surface area (Å²) in [5.74, 6) is 0.400. The first-order valence-electron chi connectivity index (χ1n) is 6.11. The van der Waals surface area contributed by atoms with Crippen LogP contribution in [0, 0.1) is 0 Å². The van der Waals surface area contributed by atoms with Crippen molar-refractivity contribution >= 4 is 27.3 Å². The highest BCUT2D eigenvalue weighted by Gasteiger charge is 2.34. The van der Waals surface area contributed by atoms with Crippen molar-refractivity contribution in [1.82, 2.24) is 9.71 Å². The summed E-state index contributed by atoms with van der Waals surface area (Å²) in [6.07, 6.45) is 3.72. The van der Waals surface area contributed by atoms with Crippen molar-refractivity contribution < 1.29 is 4.55 Å². The van der Waals surface area contributed by atoms with Crippen LogP contribution in [0.4, 0.5) is 0 Å². The lowest BCUT2D eigenvalue weighted by Gasteiger charge is -2.30. The van der Waals surface area contributed by atoms with Gasteiger partial charge in [-0.05, 0) is 59.8 Å². The minimum absolute atomic E-state index is 0.245. The molecule has 0 aliphatic heterocycles. The molecule has 3 nitrogen and oxygen atoms in total. The Morgan fingerprint density at radius 3 is 2.72 bits per heavy atom. The van der Waals surface area contributed by atoms with Crippen LogP contribution < -0.4 is 4.72 Å². The van der Waals surface area contributed by atoms with Gasteiger partial charge in [0, 0.05) is 31.0 Å². The summed E-state index contributed by atoms with van der Waals surface area (Å²) in [7, 11) is 1.74. The SMILES string of the molecule is CC[C@H](CC(C)(C)[S+]([O-])NC)c1ccnc(Br)c1. The molecule has 0 fully saturated rings. The summed E-state index contributed by atoms with van der Waals surface area (Å²) in [6.45, 7) is 6.24. The van der Waals surface area contributed by atoms with E-state index in [1.54, 1.807) is 7.05 Å². The van der Waals surface area contributed by atoms with E-state index < -0.39 is 11.4 Å². The Morgan fingerprint density at radius 2 is 2.22 bits per heavy atom. The number of nitrogens with one attached hydrogen (secondary N) is 1. The Labute approximate surface area is 121 Å². The summed E-state index contributed by atoms with van der Waals surface area (Å²) in [5.41, 5.74) is 1.25. The number of rotatable bonds is 6. The van der Waals surface area contributed by atoms with Gasteiger partial charge in [-0.1, -0.05) is 6.92 Å². The number of nitrogens with zero attached hydrogens (tertiary/aromatic N) is 1. The topological polar surface area (TPSA) is 48.0 Å². The van der Waals surface area contributed by atoms with Crippen LogP contribution in [0.15, 0.2) is 22.9 Å². The molecule has 0 aliphatic rings. The minimum atomic E-state index is -1.02. The van der Waals surface area contributed by atoms with Gasteiger partial charge in [-0.25, -0.2) is 4.98 Å². The first-order valence-corrected chi connectivity index (χ1v) is 8.05. The van der Waals surface area contributed by atoms with Gasteiger partial charge < -0.3 is 4.55 Å². The fourth-order valence-corrected chi connectivity index (χ4v) is 3.40. The highest BCUT2D eigenvalue weighted by molar-refractivity contribution is 9.10. The second-order valence-electron chi connectivity index (χ2n) is 4.95. The normalized spacial score (nSPS) is 15.4. The molecule has 1 N–H and O–H groups in total. The number of pyridine rings is 1. The Hall–Kier alpha value is -0.100. The van der Waals surface area contributed by atoms with Crippen LogP contribution >= 0.6 is 15.9 Å². The van der Waals surface area contributed by atoms with E-state index in [9.17, 15) is 4.55 Å². The predicted octanol–water partition coefficient (Wildman–Crippen LogP) is 3.39. The van der Waals surface area contributed by atoms with Crippen LogP contribution in [0.3, 0.4) is 0 Å². The molecule has 0 radical (unpaired) electrons.